The molecule has 0 aliphatic carbocycles. The highest BCUT2D eigenvalue weighted by atomic mass is 32.2. The van der Waals surface area contributed by atoms with Crippen LogP contribution < -0.4 is 4.90 Å². The molecule has 1 aliphatic heterocycles. The Morgan fingerprint density at radius 3 is 2.76 bits per heavy atom. The van der Waals surface area contributed by atoms with Gasteiger partial charge in [-0.05, 0) is 12.1 Å². The summed E-state index contributed by atoms with van der Waals surface area (Å²) in [6.07, 6.45) is 5.34. The third kappa shape index (κ3) is 2.69. The van der Waals surface area contributed by atoms with Gasteiger partial charge in [-0.3, -0.25) is 4.98 Å². The van der Waals surface area contributed by atoms with Crippen molar-refractivity contribution in [2.75, 3.05) is 36.8 Å². The molecule has 8 nitrogen and oxygen atoms in total. The molecule has 4 heterocycles. The molecule has 0 unspecified atom stereocenters. The molecule has 0 radical (unpaired) electrons. The summed E-state index contributed by atoms with van der Waals surface area (Å²) >= 11 is 0. The van der Waals surface area contributed by atoms with Gasteiger partial charge in [0.1, 0.15) is 5.65 Å². The Kier molecular flexibility index (Phi) is 3.78. The molecule has 3 aromatic rings. The first-order valence-corrected chi connectivity index (χ1v) is 9.51. The highest BCUT2D eigenvalue weighted by molar-refractivity contribution is 7.89. The van der Waals surface area contributed by atoms with Crippen molar-refractivity contribution < 1.29 is 8.42 Å². The second-order valence-corrected chi connectivity index (χ2v) is 7.86. The third-order valence-corrected chi connectivity index (χ3v) is 6.13. The van der Waals surface area contributed by atoms with Crippen LogP contribution in [0.4, 0.5) is 5.69 Å². The van der Waals surface area contributed by atoms with Crippen LogP contribution in [0.2, 0.25) is 0 Å². The number of rotatable bonds is 3. The van der Waals surface area contributed by atoms with Crippen molar-refractivity contribution >= 4 is 37.6 Å². The molecule has 0 bridgehead atoms. The largest absolute Gasteiger partial charge is 0.368 e. The number of hydrogen-bond donors (Lipinski definition) is 1. The highest BCUT2D eigenvalue weighted by Gasteiger charge is 2.27. The van der Waals surface area contributed by atoms with Gasteiger partial charge in [-0.25, -0.2) is 13.4 Å². The van der Waals surface area contributed by atoms with Crippen LogP contribution in [0.5, 0.6) is 0 Å². The Hall–Kier alpha value is -2.70. The average Bonchev–Trinajstić information content (AvgIpc) is 3.10. The Morgan fingerprint density at radius 1 is 1.20 bits per heavy atom. The molecule has 1 N–H and O–H groups in total. The number of aromatic nitrogens is 3. The molecule has 25 heavy (non-hydrogen) atoms. The van der Waals surface area contributed by atoms with E-state index in [1.165, 1.54) is 4.31 Å². The van der Waals surface area contributed by atoms with E-state index in [1.807, 2.05) is 18.3 Å². The number of sulfonamides is 1. The Balaban J connectivity index is 1.68. The molecule has 0 amide bonds. The monoisotopic (exact) mass is 356 g/mol. The van der Waals surface area contributed by atoms with Crippen molar-refractivity contribution in [2.45, 2.75) is 0 Å². The minimum absolute atomic E-state index is 0.370. The molecule has 1 fully saturated rings. The number of nitrogens with zero attached hydrogens (tertiary/aromatic N) is 5. The topological polar surface area (TPSA) is 106 Å². The maximum atomic E-state index is 12.0. The fraction of sp³-hybridized carbons (Fsp3) is 0.312. The van der Waals surface area contributed by atoms with Crippen molar-refractivity contribution in [1.82, 2.24) is 19.3 Å². The number of nitrogens with one attached hydrogen (secondary N) is 1. The summed E-state index contributed by atoms with van der Waals surface area (Å²) in [4.78, 5) is 14.0. The molecule has 9 heteroatoms. The summed E-state index contributed by atoms with van der Waals surface area (Å²) in [7, 11) is -3.49. The van der Waals surface area contributed by atoms with Crippen molar-refractivity contribution in [2.24, 2.45) is 0 Å². The SMILES string of the molecule is N#CCS(=O)(=O)N1CCN(c2ccnc3cnc4[nH]ccc4c23)CC1. The molecule has 1 saturated heterocycles. The number of nitriles is 1. The van der Waals surface area contributed by atoms with Crippen LogP contribution in [0, 0.1) is 11.3 Å². The molecule has 0 atom stereocenters. The van der Waals surface area contributed by atoms with Gasteiger partial charge in [-0.2, -0.15) is 9.57 Å². The van der Waals surface area contributed by atoms with Gasteiger partial charge in [0, 0.05) is 55.0 Å². The number of anilines is 1. The summed E-state index contributed by atoms with van der Waals surface area (Å²) in [5.41, 5.74) is 2.63. The molecule has 0 spiro atoms. The second-order valence-electron chi connectivity index (χ2n) is 5.89. The van der Waals surface area contributed by atoms with Crippen molar-refractivity contribution in [1.29, 1.82) is 5.26 Å². The van der Waals surface area contributed by atoms with Gasteiger partial charge in [0.2, 0.25) is 10.0 Å². The van der Waals surface area contributed by atoms with Gasteiger partial charge in [0.15, 0.2) is 5.75 Å². The first-order chi connectivity index (χ1) is 12.1. The zero-order chi connectivity index (χ0) is 17.4. The van der Waals surface area contributed by atoms with Gasteiger partial charge < -0.3 is 9.88 Å². The van der Waals surface area contributed by atoms with E-state index in [2.05, 4.69) is 19.9 Å². The molecule has 128 valence electrons. The van der Waals surface area contributed by atoms with Gasteiger partial charge >= 0.3 is 0 Å². The van der Waals surface area contributed by atoms with E-state index in [0.717, 1.165) is 27.6 Å². The van der Waals surface area contributed by atoms with Crippen LogP contribution in [0.3, 0.4) is 0 Å². The molecule has 0 saturated carbocycles. The zero-order valence-electron chi connectivity index (χ0n) is 13.4. The molecule has 1 aliphatic rings. The molecular weight excluding hydrogens is 340 g/mol. The van der Waals surface area contributed by atoms with E-state index in [0.29, 0.717) is 26.2 Å². The Bertz CT molecular complexity index is 1080. The standard InChI is InChI=1S/C16H16N6O2S/c17-3-10-25(23,24)22-8-6-21(7-9-22)14-2-5-18-13-11-20-16-12(15(13)14)1-4-19-16/h1-2,4-5,11H,6-10H2,(H,19,20). The fourth-order valence-electron chi connectivity index (χ4n) is 3.28. The van der Waals surface area contributed by atoms with Crippen molar-refractivity contribution in [3.8, 4) is 6.07 Å². The predicted octanol–water partition coefficient (Wildman–Crippen LogP) is 1.09. The summed E-state index contributed by atoms with van der Waals surface area (Å²) < 4.78 is 25.5. The summed E-state index contributed by atoms with van der Waals surface area (Å²) in [6.45, 7) is 1.88. The summed E-state index contributed by atoms with van der Waals surface area (Å²) in [5.74, 6) is -0.471. The van der Waals surface area contributed by atoms with Crippen molar-refractivity contribution in [3.05, 3.63) is 30.7 Å². The zero-order valence-corrected chi connectivity index (χ0v) is 14.2. The second kappa shape index (κ2) is 5.98. The quantitative estimate of drug-likeness (QED) is 0.753. The predicted molar refractivity (Wildman–Crippen MR) is 94.6 cm³/mol. The van der Waals surface area contributed by atoms with E-state index in [1.54, 1.807) is 18.5 Å². The van der Waals surface area contributed by atoms with Crippen LogP contribution in [0.15, 0.2) is 30.7 Å². The normalized spacial score (nSPS) is 16.4. The lowest BCUT2D eigenvalue weighted by atomic mass is 10.1. The summed E-state index contributed by atoms with van der Waals surface area (Å²) in [5, 5.41) is 10.7. The smallest absolute Gasteiger partial charge is 0.227 e. The minimum atomic E-state index is -3.49. The van der Waals surface area contributed by atoms with E-state index in [9.17, 15) is 8.42 Å². The van der Waals surface area contributed by atoms with E-state index in [-0.39, 0.29) is 0 Å². The van der Waals surface area contributed by atoms with Crippen LogP contribution >= 0.6 is 0 Å². The van der Waals surface area contributed by atoms with E-state index >= 15 is 0 Å². The number of fused-ring (bicyclic) bond motifs is 3. The fourth-order valence-corrected chi connectivity index (χ4v) is 4.34. The van der Waals surface area contributed by atoms with Gasteiger partial charge in [-0.15, -0.1) is 0 Å². The number of piperazine rings is 1. The molecular formula is C16H16N6O2S. The lowest BCUT2D eigenvalue weighted by Crippen LogP contribution is -2.49. The first-order valence-electron chi connectivity index (χ1n) is 7.91. The number of pyridine rings is 2. The van der Waals surface area contributed by atoms with Crippen LogP contribution in [0.25, 0.3) is 21.9 Å². The van der Waals surface area contributed by atoms with Gasteiger partial charge in [0.25, 0.3) is 0 Å². The lowest BCUT2D eigenvalue weighted by Gasteiger charge is -2.35. The number of H-pyrrole nitrogens is 1. The van der Waals surface area contributed by atoms with Gasteiger partial charge in [-0.1, -0.05) is 0 Å². The maximum absolute atomic E-state index is 12.0. The van der Waals surface area contributed by atoms with E-state index < -0.39 is 15.8 Å². The lowest BCUT2D eigenvalue weighted by molar-refractivity contribution is 0.387. The molecule has 0 aromatic carbocycles. The number of aromatic amines is 1. The highest BCUT2D eigenvalue weighted by Crippen LogP contribution is 2.31. The number of hydrogen-bond acceptors (Lipinski definition) is 6. The van der Waals surface area contributed by atoms with E-state index in [4.69, 9.17) is 5.26 Å². The van der Waals surface area contributed by atoms with Crippen molar-refractivity contribution in [3.63, 3.8) is 0 Å². The Labute approximate surface area is 144 Å². The Morgan fingerprint density at radius 2 is 2.00 bits per heavy atom. The van der Waals surface area contributed by atoms with Crippen LogP contribution in [-0.2, 0) is 10.0 Å². The summed E-state index contributed by atoms with van der Waals surface area (Å²) in [6, 6.07) is 5.66. The maximum Gasteiger partial charge on any atom is 0.227 e. The minimum Gasteiger partial charge on any atom is -0.368 e. The van der Waals surface area contributed by atoms with Crippen LogP contribution in [-0.4, -0.2) is 59.6 Å². The van der Waals surface area contributed by atoms with Gasteiger partial charge in [0.05, 0.1) is 17.8 Å². The first kappa shape index (κ1) is 15.8. The third-order valence-electron chi connectivity index (χ3n) is 4.49. The average molecular weight is 356 g/mol. The van der Waals surface area contributed by atoms with Crippen LogP contribution in [0.1, 0.15) is 0 Å². The molecule has 3 aromatic heterocycles. The molecule has 4 rings (SSSR count).